The average Bonchev–Trinajstić information content (AvgIpc) is 2.55. The number of amides is 2. The van der Waals surface area contributed by atoms with Gasteiger partial charge in [0.15, 0.2) is 0 Å². The number of carbonyl (C=O) groups excluding carboxylic acids is 1. The van der Waals surface area contributed by atoms with Gasteiger partial charge in [0.2, 0.25) is 0 Å². The summed E-state index contributed by atoms with van der Waals surface area (Å²) in [5, 5.41) is 8.85. The van der Waals surface area contributed by atoms with E-state index in [1.54, 1.807) is 31.1 Å². The van der Waals surface area contributed by atoms with Crippen molar-refractivity contribution in [3.8, 4) is 11.8 Å². The van der Waals surface area contributed by atoms with Crippen LogP contribution in [0.3, 0.4) is 0 Å². The van der Waals surface area contributed by atoms with E-state index in [0.29, 0.717) is 12.2 Å². The second-order valence-corrected chi connectivity index (χ2v) is 5.49. The van der Waals surface area contributed by atoms with Crippen LogP contribution in [-0.2, 0) is 0 Å². The predicted molar refractivity (Wildman–Crippen MR) is 83.7 cm³/mol. The number of rotatable bonds is 4. The highest BCUT2D eigenvalue weighted by molar-refractivity contribution is 5.73. The number of nitriles is 1. The summed E-state index contributed by atoms with van der Waals surface area (Å²) in [4.78, 5) is 17.6. The summed E-state index contributed by atoms with van der Waals surface area (Å²) < 4.78 is 5.68. The van der Waals surface area contributed by atoms with Crippen molar-refractivity contribution in [2.45, 2.75) is 0 Å². The van der Waals surface area contributed by atoms with Crippen LogP contribution in [0, 0.1) is 11.3 Å². The molecular weight excluding hydrogens is 280 g/mol. The Balaban J connectivity index is 1.71. The Morgan fingerprint density at radius 2 is 2.05 bits per heavy atom. The van der Waals surface area contributed by atoms with Crippen LogP contribution < -0.4 is 4.74 Å². The molecule has 22 heavy (non-hydrogen) atoms. The molecule has 0 aliphatic carbocycles. The lowest BCUT2D eigenvalue weighted by atomic mass is 10.2. The molecule has 118 valence electrons. The van der Waals surface area contributed by atoms with Gasteiger partial charge in [-0.3, -0.25) is 4.90 Å². The molecule has 1 fully saturated rings. The van der Waals surface area contributed by atoms with Gasteiger partial charge in [-0.15, -0.1) is 0 Å². The quantitative estimate of drug-likeness (QED) is 0.839. The molecule has 0 N–H and O–H groups in total. The first-order valence-electron chi connectivity index (χ1n) is 7.41. The lowest BCUT2D eigenvalue weighted by Gasteiger charge is -2.35. The van der Waals surface area contributed by atoms with E-state index in [1.165, 1.54) is 0 Å². The topological polar surface area (TPSA) is 59.8 Å². The van der Waals surface area contributed by atoms with Gasteiger partial charge in [-0.05, 0) is 18.2 Å². The van der Waals surface area contributed by atoms with E-state index in [9.17, 15) is 4.79 Å². The zero-order chi connectivity index (χ0) is 15.9. The first kappa shape index (κ1) is 16.1. The molecule has 0 unspecified atom stereocenters. The molecule has 1 heterocycles. The minimum absolute atomic E-state index is 0.0734. The van der Waals surface area contributed by atoms with Gasteiger partial charge in [-0.1, -0.05) is 6.07 Å². The summed E-state index contributed by atoms with van der Waals surface area (Å²) in [6.45, 7) is 4.63. The molecule has 1 saturated heterocycles. The minimum atomic E-state index is 0.0734. The normalized spacial score (nSPS) is 15.2. The molecule has 0 atom stereocenters. The maximum Gasteiger partial charge on any atom is 0.319 e. The monoisotopic (exact) mass is 302 g/mol. The van der Waals surface area contributed by atoms with Crippen molar-refractivity contribution in [1.29, 1.82) is 5.26 Å². The molecule has 0 bridgehead atoms. The summed E-state index contributed by atoms with van der Waals surface area (Å²) in [6.07, 6.45) is 0. The molecule has 0 spiro atoms. The van der Waals surface area contributed by atoms with E-state index >= 15 is 0 Å². The largest absolute Gasteiger partial charge is 0.492 e. The highest BCUT2D eigenvalue weighted by atomic mass is 16.5. The first-order chi connectivity index (χ1) is 10.6. The molecule has 1 aromatic rings. The predicted octanol–water partition coefficient (Wildman–Crippen LogP) is 1.24. The number of benzene rings is 1. The van der Waals surface area contributed by atoms with Crippen molar-refractivity contribution in [2.75, 3.05) is 53.4 Å². The van der Waals surface area contributed by atoms with Gasteiger partial charge in [-0.2, -0.15) is 5.26 Å². The lowest BCUT2D eigenvalue weighted by Crippen LogP contribution is -2.52. The minimum Gasteiger partial charge on any atom is -0.492 e. The Kier molecular flexibility index (Phi) is 5.61. The van der Waals surface area contributed by atoms with Gasteiger partial charge in [0.05, 0.1) is 11.6 Å². The van der Waals surface area contributed by atoms with E-state index in [0.717, 1.165) is 38.5 Å². The first-order valence-corrected chi connectivity index (χ1v) is 7.41. The zero-order valence-electron chi connectivity index (χ0n) is 13.2. The van der Waals surface area contributed by atoms with Crippen molar-refractivity contribution in [2.24, 2.45) is 0 Å². The van der Waals surface area contributed by atoms with Gasteiger partial charge >= 0.3 is 6.03 Å². The molecule has 2 amide bonds. The van der Waals surface area contributed by atoms with E-state index in [-0.39, 0.29) is 6.03 Å². The van der Waals surface area contributed by atoms with Crippen LogP contribution >= 0.6 is 0 Å². The number of hydrogen-bond donors (Lipinski definition) is 0. The molecular formula is C16H22N4O2. The molecule has 1 aliphatic rings. The van der Waals surface area contributed by atoms with Crippen molar-refractivity contribution >= 4 is 6.03 Å². The Morgan fingerprint density at radius 1 is 1.32 bits per heavy atom. The van der Waals surface area contributed by atoms with E-state index in [1.807, 2.05) is 17.0 Å². The molecule has 0 saturated carbocycles. The average molecular weight is 302 g/mol. The highest BCUT2D eigenvalue weighted by Gasteiger charge is 2.21. The lowest BCUT2D eigenvalue weighted by molar-refractivity contribution is 0.113. The fraction of sp³-hybridized carbons (Fsp3) is 0.500. The van der Waals surface area contributed by atoms with Gasteiger partial charge < -0.3 is 14.5 Å². The fourth-order valence-electron chi connectivity index (χ4n) is 2.39. The van der Waals surface area contributed by atoms with Crippen LogP contribution in [0.15, 0.2) is 24.3 Å². The van der Waals surface area contributed by atoms with Gasteiger partial charge in [0, 0.05) is 46.8 Å². The third kappa shape index (κ3) is 4.37. The smallest absolute Gasteiger partial charge is 0.319 e. The maximum absolute atomic E-state index is 11.8. The molecule has 1 aliphatic heterocycles. The second kappa shape index (κ2) is 7.66. The standard InChI is InChI=1S/C16H22N4O2/c1-18(2)16(21)20-8-6-19(7-9-20)10-11-22-15-5-3-4-14(12-15)13-17/h3-5,12H,6-11H2,1-2H3. The zero-order valence-corrected chi connectivity index (χ0v) is 13.2. The van der Waals surface area contributed by atoms with Crippen LogP contribution in [0.1, 0.15) is 5.56 Å². The Hall–Kier alpha value is -2.26. The molecule has 2 rings (SSSR count). The van der Waals surface area contributed by atoms with Crippen LogP contribution in [0.2, 0.25) is 0 Å². The van der Waals surface area contributed by atoms with Crippen LogP contribution in [0.5, 0.6) is 5.75 Å². The fourth-order valence-corrected chi connectivity index (χ4v) is 2.39. The number of urea groups is 1. The van der Waals surface area contributed by atoms with E-state index in [2.05, 4.69) is 11.0 Å². The second-order valence-electron chi connectivity index (χ2n) is 5.49. The molecule has 6 heteroatoms. The number of ether oxygens (including phenoxy) is 1. The Bertz CT molecular complexity index is 545. The third-order valence-corrected chi connectivity index (χ3v) is 3.66. The molecule has 6 nitrogen and oxygen atoms in total. The maximum atomic E-state index is 11.8. The SMILES string of the molecule is CN(C)C(=O)N1CCN(CCOc2cccc(C#N)c2)CC1. The van der Waals surface area contributed by atoms with Crippen molar-refractivity contribution in [1.82, 2.24) is 14.7 Å². The van der Waals surface area contributed by atoms with Gasteiger partial charge in [0.25, 0.3) is 0 Å². The summed E-state index contributed by atoms with van der Waals surface area (Å²) in [7, 11) is 3.55. The van der Waals surface area contributed by atoms with Crippen molar-refractivity contribution in [3.05, 3.63) is 29.8 Å². The number of piperazine rings is 1. The van der Waals surface area contributed by atoms with Gasteiger partial charge in [-0.25, -0.2) is 4.79 Å². The van der Waals surface area contributed by atoms with Crippen molar-refractivity contribution < 1.29 is 9.53 Å². The molecule has 0 radical (unpaired) electrons. The highest BCUT2D eigenvalue weighted by Crippen LogP contribution is 2.12. The van der Waals surface area contributed by atoms with Crippen molar-refractivity contribution in [3.63, 3.8) is 0 Å². The molecule has 0 aromatic heterocycles. The molecule has 1 aromatic carbocycles. The van der Waals surface area contributed by atoms with E-state index in [4.69, 9.17) is 10.00 Å². The van der Waals surface area contributed by atoms with Gasteiger partial charge in [0.1, 0.15) is 12.4 Å². The van der Waals surface area contributed by atoms with E-state index < -0.39 is 0 Å². The third-order valence-electron chi connectivity index (χ3n) is 3.66. The number of nitrogens with zero attached hydrogens (tertiary/aromatic N) is 4. The summed E-state index contributed by atoms with van der Waals surface area (Å²) in [5.74, 6) is 0.723. The van der Waals surface area contributed by atoms with Crippen LogP contribution in [0.4, 0.5) is 4.79 Å². The summed E-state index contributed by atoms with van der Waals surface area (Å²) in [6, 6.07) is 9.35. The Morgan fingerprint density at radius 3 is 2.68 bits per heavy atom. The number of hydrogen-bond acceptors (Lipinski definition) is 4. The van der Waals surface area contributed by atoms with Crippen LogP contribution in [0.25, 0.3) is 0 Å². The summed E-state index contributed by atoms with van der Waals surface area (Å²) in [5.41, 5.74) is 0.605. The van der Waals surface area contributed by atoms with Crippen LogP contribution in [-0.4, -0.2) is 74.2 Å². The summed E-state index contributed by atoms with van der Waals surface area (Å²) >= 11 is 0. The Labute approximate surface area is 131 Å². The number of carbonyl (C=O) groups is 1.